The van der Waals surface area contributed by atoms with Gasteiger partial charge in [-0.15, -0.1) is 0 Å². The van der Waals surface area contributed by atoms with Gasteiger partial charge in [-0.3, -0.25) is 9.69 Å². The molecule has 0 bridgehead atoms. The van der Waals surface area contributed by atoms with E-state index >= 15 is 0 Å². The molecule has 6 nitrogen and oxygen atoms in total. The van der Waals surface area contributed by atoms with Gasteiger partial charge in [0.1, 0.15) is 11.5 Å². The maximum Gasteiger partial charge on any atom is 0.274 e. The van der Waals surface area contributed by atoms with Crippen LogP contribution in [0.4, 0.5) is 5.82 Å². The number of aromatic nitrogens is 2. The fraction of sp³-hybridized carbons (Fsp3) is 0.643. The van der Waals surface area contributed by atoms with Crippen molar-refractivity contribution in [1.82, 2.24) is 19.8 Å². The number of nitrogens with zero attached hydrogens (tertiary/aromatic N) is 4. The molecule has 0 aromatic carbocycles. The molecule has 3 rings (SSSR count). The normalized spacial score (nSPS) is 23.2. The van der Waals surface area contributed by atoms with Gasteiger partial charge in [0.25, 0.3) is 5.91 Å². The van der Waals surface area contributed by atoms with E-state index in [4.69, 9.17) is 0 Å². The minimum atomic E-state index is 0.00824. The van der Waals surface area contributed by atoms with Gasteiger partial charge in [-0.1, -0.05) is 0 Å². The number of nitrogens with one attached hydrogen (secondary N) is 1. The molecule has 108 valence electrons. The van der Waals surface area contributed by atoms with Crippen molar-refractivity contribution in [1.29, 1.82) is 0 Å². The molecule has 1 aromatic heterocycles. The van der Waals surface area contributed by atoms with Crippen LogP contribution in [0.2, 0.25) is 0 Å². The summed E-state index contributed by atoms with van der Waals surface area (Å²) in [6.45, 7) is 3.94. The Morgan fingerprint density at radius 2 is 2.10 bits per heavy atom. The quantitative estimate of drug-likeness (QED) is 0.866. The second-order valence-corrected chi connectivity index (χ2v) is 5.47. The Hall–Kier alpha value is -1.69. The predicted molar refractivity (Wildman–Crippen MR) is 76.7 cm³/mol. The Morgan fingerprint density at radius 1 is 1.25 bits per heavy atom. The number of rotatable bonds is 2. The van der Waals surface area contributed by atoms with Crippen LogP contribution >= 0.6 is 0 Å². The average Bonchev–Trinajstić information content (AvgIpc) is 2.83. The van der Waals surface area contributed by atoms with Gasteiger partial charge in [-0.25, -0.2) is 9.97 Å². The van der Waals surface area contributed by atoms with Crippen molar-refractivity contribution in [2.24, 2.45) is 0 Å². The Bertz CT molecular complexity index is 475. The summed E-state index contributed by atoms with van der Waals surface area (Å²) in [6, 6.07) is 0.533. The molecule has 0 spiro atoms. The number of hydrogen-bond acceptors (Lipinski definition) is 5. The molecule has 0 radical (unpaired) electrons. The minimum absolute atomic E-state index is 0.00824. The predicted octanol–water partition coefficient (Wildman–Crippen LogP) is 0.829. The van der Waals surface area contributed by atoms with Crippen molar-refractivity contribution in [3.05, 3.63) is 18.1 Å². The van der Waals surface area contributed by atoms with Gasteiger partial charge in [0, 0.05) is 32.7 Å². The van der Waals surface area contributed by atoms with Crippen LogP contribution in [-0.4, -0.2) is 64.9 Å². The van der Waals surface area contributed by atoms with Crippen LogP contribution in [0.15, 0.2) is 12.4 Å². The van der Waals surface area contributed by atoms with Gasteiger partial charge >= 0.3 is 0 Å². The Kier molecular flexibility index (Phi) is 3.82. The van der Waals surface area contributed by atoms with Gasteiger partial charge in [-0.05, 0) is 25.8 Å². The van der Waals surface area contributed by atoms with Crippen LogP contribution < -0.4 is 5.32 Å². The van der Waals surface area contributed by atoms with Crippen LogP contribution in [0.3, 0.4) is 0 Å². The Morgan fingerprint density at radius 3 is 2.85 bits per heavy atom. The van der Waals surface area contributed by atoms with Gasteiger partial charge < -0.3 is 10.2 Å². The number of carbonyl (C=O) groups excluding carboxylic acids is 1. The maximum absolute atomic E-state index is 12.5. The summed E-state index contributed by atoms with van der Waals surface area (Å²) in [5, 5.41) is 2.91. The molecule has 0 aliphatic carbocycles. The molecule has 1 N–H and O–H groups in total. The molecular formula is C14H21N5O. The lowest BCUT2D eigenvalue weighted by molar-refractivity contribution is 0.0737. The van der Waals surface area contributed by atoms with Gasteiger partial charge in [-0.2, -0.15) is 0 Å². The van der Waals surface area contributed by atoms with E-state index in [-0.39, 0.29) is 5.91 Å². The summed E-state index contributed by atoms with van der Waals surface area (Å²) in [5.74, 6) is 0.688. The number of fused-ring (bicyclic) bond motifs is 1. The number of carbonyl (C=O) groups is 1. The van der Waals surface area contributed by atoms with Crippen LogP contribution in [0.25, 0.3) is 0 Å². The summed E-state index contributed by atoms with van der Waals surface area (Å²) in [7, 11) is 1.79. The second kappa shape index (κ2) is 5.75. The Labute approximate surface area is 119 Å². The van der Waals surface area contributed by atoms with Crippen LogP contribution in [-0.2, 0) is 0 Å². The lowest BCUT2D eigenvalue weighted by Crippen LogP contribution is -2.40. The smallest absolute Gasteiger partial charge is 0.274 e. The number of anilines is 1. The highest BCUT2D eigenvalue weighted by molar-refractivity contribution is 5.92. The van der Waals surface area contributed by atoms with E-state index in [1.807, 2.05) is 4.90 Å². The molecule has 3 heterocycles. The van der Waals surface area contributed by atoms with Crippen molar-refractivity contribution in [2.75, 3.05) is 38.5 Å². The van der Waals surface area contributed by atoms with Crippen molar-refractivity contribution in [3.63, 3.8) is 0 Å². The van der Waals surface area contributed by atoms with E-state index in [1.54, 1.807) is 19.4 Å². The van der Waals surface area contributed by atoms with Crippen LogP contribution in [0.5, 0.6) is 0 Å². The molecule has 0 saturated carbocycles. The minimum Gasteiger partial charge on any atom is -0.372 e. The highest BCUT2D eigenvalue weighted by Crippen LogP contribution is 2.22. The van der Waals surface area contributed by atoms with Crippen molar-refractivity contribution in [2.45, 2.75) is 25.3 Å². The molecule has 2 fully saturated rings. The van der Waals surface area contributed by atoms with E-state index in [1.165, 1.54) is 19.4 Å². The summed E-state index contributed by atoms with van der Waals surface area (Å²) in [5.41, 5.74) is 0.440. The van der Waals surface area contributed by atoms with E-state index in [0.717, 1.165) is 26.1 Å². The molecule has 2 aliphatic heterocycles. The molecule has 2 aliphatic rings. The first-order chi connectivity index (χ1) is 9.78. The third-order valence-electron chi connectivity index (χ3n) is 4.22. The Balaban J connectivity index is 1.71. The fourth-order valence-electron chi connectivity index (χ4n) is 3.12. The zero-order chi connectivity index (χ0) is 13.9. The molecule has 20 heavy (non-hydrogen) atoms. The number of amides is 1. The molecule has 1 amide bonds. The lowest BCUT2D eigenvalue weighted by Gasteiger charge is -2.25. The molecule has 6 heteroatoms. The molecule has 2 saturated heterocycles. The first-order valence-corrected chi connectivity index (χ1v) is 7.31. The van der Waals surface area contributed by atoms with Gasteiger partial charge in [0.2, 0.25) is 0 Å². The summed E-state index contributed by atoms with van der Waals surface area (Å²) < 4.78 is 0. The average molecular weight is 275 g/mol. The van der Waals surface area contributed by atoms with E-state index < -0.39 is 0 Å². The summed E-state index contributed by atoms with van der Waals surface area (Å²) >= 11 is 0. The standard InChI is InChI=1S/C14H21N5O/c1-15-13-9-16-12(8-17-13)14(20)19-7-3-6-18-5-2-4-11(18)10-19/h8-9,11H,2-7,10H2,1H3,(H,15,17). The van der Waals surface area contributed by atoms with Gasteiger partial charge in [0.05, 0.1) is 12.4 Å². The second-order valence-electron chi connectivity index (χ2n) is 5.47. The fourth-order valence-corrected chi connectivity index (χ4v) is 3.12. The largest absolute Gasteiger partial charge is 0.372 e. The zero-order valence-corrected chi connectivity index (χ0v) is 11.9. The summed E-state index contributed by atoms with van der Waals surface area (Å²) in [6.07, 6.45) is 6.67. The van der Waals surface area contributed by atoms with E-state index in [9.17, 15) is 4.79 Å². The maximum atomic E-state index is 12.5. The van der Waals surface area contributed by atoms with Crippen molar-refractivity contribution in [3.8, 4) is 0 Å². The molecular weight excluding hydrogens is 254 g/mol. The lowest BCUT2D eigenvalue weighted by atomic mass is 10.2. The molecule has 1 aromatic rings. The van der Waals surface area contributed by atoms with Crippen molar-refractivity contribution < 1.29 is 4.79 Å². The van der Waals surface area contributed by atoms with Crippen molar-refractivity contribution >= 4 is 11.7 Å². The first-order valence-electron chi connectivity index (χ1n) is 7.31. The third kappa shape index (κ3) is 2.60. The zero-order valence-electron chi connectivity index (χ0n) is 11.9. The van der Waals surface area contributed by atoms with Gasteiger partial charge in [0.15, 0.2) is 0 Å². The van der Waals surface area contributed by atoms with E-state index in [2.05, 4.69) is 20.2 Å². The summed E-state index contributed by atoms with van der Waals surface area (Å²) in [4.78, 5) is 25.4. The van der Waals surface area contributed by atoms with E-state index in [0.29, 0.717) is 17.6 Å². The highest BCUT2D eigenvalue weighted by atomic mass is 16.2. The SMILES string of the molecule is CNc1cnc(C(=O)N2CCCN3CCCC3C2)cn1. The van der Waals surface area contributed by atoms with Crippen LogP contribution in [0.1, 0.15) is 29.8 Å². The van der Waals surface area contributed by atoms with Crippen LogP contribution in [0, 0.1) is 0 Å². The molecule has 1 atom stereocenters. The topological polar surface area (TPSA) is 61.4 Å². The molecule has 1 unspecified atom stereocenters. The monoisotopic (exact) mass is 275 g/mol. The highest BCUT2D eigenvalue weighted by Gasteiger charge is 2.31. The third-order valence-corrected chi connectivity index (χ3v) is 4.22. The first kappa shape index (κ1) is 13.3. The number of hydrogen-bond donors (Lipinski definition) is 1.